The van der Waals surface area contributed by atoms with Crippen molar-refractivity contribution in [3.05, 3.63) is 48.5 Å². The average molecular weight is 384 g/mol. The highest BCUT2D eigenvalue weighted by Gasteiger charge is 2.42. The Balaban J connectivity index is 1.75. The fourth-order valence-corrected chi connectivity index (χ4v) is 3.81. The first-order chi connectivity index (χ1) is 13.5. The van der Waals surface area contributed by atoms with Crippen LogP contribution >= 0.6 is 0 Å². The molecule has 1 aromatic carbocycles. The minimum Gasteiger partial charge on any atom is -0.395 e. The van der Waals surface area contributed by atoms with Crippen molar-refractivity contribution in [3.8, 4) is 11.1 Å². The molecule has 0 spiro atoms. The number of aliphatic hydroxyl groups excluding tert-OH is 1. The van der Waals surface area contributed by atoms with Gasteiger partial charge in [0, 0.05) is 55.7 Å². The molecule has 1 aromatic heterocycles. The maximum atomic E-state index is 12.4. The molecule has 1 amide bonds. The lowest BCUT2D eigenvalue weighted by molar-refractivity contribution is -0.138. The molecule has 7 heteroatoms. The van der Waals surface area contributed by atoms with Crippen LogP contribution in [0.4, 0.5) is 0 Å². The summed E-state index contributed by atoms with van der Waals surface area (Å²) in [7, 11) is 1.53. The molecule has 1 fully saturated rings. The maximum absolute atomic E-state index is 12.4. The number of carbonyl (C=O) groups excluding carboxylic acids is 1. The van der Waals surface area contributed by atoms with Gasteiger partial charge in [0.05, 0.1) is 6.61 Å². The molecule has 0 radical (unpaired) electrons. The van der Waals surface area contributed by atoms with Crippen LogP contribution in [-0.2, 0) is 9.53 Å². The normalized spacial score (nSPS) is 21.4. The zero-order chi connectivity index (χ0) is 20.1. The standard InChI is InChI=1S/C21H28N4O3/c1-14(2)25(20(27)12-28-3)10-18-21(19(11-26)24-18)16-6-4-15(5-7-16)17-8-22-13-23-9-17/h4-9,13-14,18-19,21,24,26H,10-12H2,1-3H3/t18-,19-,21-/m1/s1. The average Bonchev–Trinajstić information content (AvgIpc) is 2.68. The van der Waals surface area contributed by atoms with Gasteiger partial charge in [-0.15, -0.1) is 0 Å². The van der Waals surface area contributed by atoms with Gasteiger partial charge in [-0.3, -0.25) is 4.79 Å². The van der Waals surface area contributed by atoms with Gasteiger partial charge in [0.1, 0.15) is 12.9 Å². The van der Waals surface area contributed by atoms with E-state index in [0.29, 0.717) is 6.54 Å². The van der Waals surface area contributed by atoms with E-state index in [9.17, 15) is 9.90 Å². The van der Waals surface area contributed by atoms with Crippen molar-refractivity contribution in [1.82, 2.24) is 20.2 Å². The number of ether oxygens (including phenoxy) is 1. The van der Waals surface area contributed by atoms with Crippen LogP contribution in [0.2, 0.25) is 0 Å². The summed E-state index contributed by atoms with van der Waals surface area (Å²) in [5.74, 6) is 0.118. The minimum atomic E-state index is -0.0232. The van der Waals surface area contributed by atoms with E-state index in [0.717, 1.165) is 16.7 Å². The van der Waals surface area contributed by atoms with Gasteiger partial charge in [0.15, 0.2) is 0 Å². The van der Waals surface area contributed by atoms with Crippen LogP contribution in [0.1, 0.15) is 25.3 Å². The van der Waals surface area contributed by atoms with Gasteiger partial charge in [-0.2, -0.15) is 0 Å². The Hall–Kier alpha value is -2.35. The van der Waals surface area contributed by atoms with Crippen molar-refractivity contribution in [1.29, 1.82) is 0 Å². The zero-order valence-electron chi connectivity index (χ0n) is 16.6. The quantitative estimate of drug-likeness (QED) is 0.716. The second kappa shape index (κ2) is 9.23. The van der Waals surface area contributed by atoms with E-state index in [2.05, 4.69) is 27.4 Å². The molecule has 1 aliphatic rings. The number of nitrogens with zero attached hydrogens (tertiary/aromatic N) is 3. The predicted octanol–water partition coefficient (Wildman–Crippen LogP) is 1.44. The van der Waals surface area contributed by atoms with Crippen LogP contribution < -0.4 is 5.32 Å². The van der Waals surface area contributed by atoms with Crippen LogP contribution in [-0.4, -0.2) is 70.9 Å². The first-order valence-corrected chi connectivity index (χ1v) is 9.55. The van der Waals surface area contributed by atoms with E-state index in [1.807, 2.05) is 30.9 Å². The van der Waals surface area contributed by atoms with Crippen molar-refractivity contribution in [2.75, 3.05) is 26.9 Å². The van der Waals surface area contributed by atoms with Crippen LogP contribution in [0.3, 0.4) is 0 Å². The number of hydrogen-bond donors (Lipinski definition) is 2. The third kappa shape index (κ3) is 4.38. The summed E-state index contributed by atoms with van der Waals surface area (Å²) in [6.45, 7) is 4.72. The van der Waals surface area contributed by atoms with Gasteiger partial charge in [0.25, 0.3) is 0 Å². The molecule has 7 nitrogen and oxygen atoms in total. The molecule has 0 aliphatic carbocycles. The van der Waals surface area contributed by atoms with Gasteiger partial charge in [0.2, 0.25) is 5.91 Å². The second-order valence-electron chi connectivity index (χ2n) is 7.41. The van der Waals surface area contributed by atoms with Crippen LogP contribution in [0.5, 0.6) is 0 Å². The topological polar surface area (TPSA) is 87.6 Å². The van der Waals surface area contributed by atoms with Gasteiger partial charge in [-0.05, 0) is 25.0 Å². The minimum absolute atomic E-state index is 0.0116. The molecule has 3 atom stereocenters. The molecule has 2 aromatic rings. The number of hydrogen-bond acceptors (Lipinski definition) is 6. The lowest BCUT2D eigenvalue weighted by Crippen LogP contribution is -2.65. The van der Waals surface area contributed by atoms with Gasteiger partial charge < -0.3 is 20.1 Å². The molecule has 1 saturated heterocycles. The monoisotopic (exact) mass is 384 g/mol. The van der Waals surface area contributed by atoms with Crippen molar-refractivity contribution in [3.63, 3.8) is 0 Å². The summed E-state index contributed by atoms with van der Waals surface area (Å²) in [4.78, 5) is 22.3. The zero-order valence-corrected chi connectivity index (χ0v) is 16.6. The summed E-state index contributed by atoms with van der Waals surface area (Å²) >= 11 is 0. The summed E-state index contributed by atoms with van der Waals surface area (Å²) in [5, 5.41) is 13.1. The molecule has 28 heavy (non-hydrogen) atoms. The fraction of sp³-hybridized carbons (Fsp3) is 0.476. The summed E-state index contributed by atoms with van der Waals surface area (Å²) in [5.41, 5.74) is 3.16. The highest BCUT2D eigenvalue weighted by Crippen LogP contribution is 2.34. The molecule has 0 unspecified atom stereocenters. The SMILES string of the molecule is COCC(=O)N(C[C@H]1N[C@H](CO)[C@@H]1c1ccc(-c2cncnc2)cc1)C(C)C. The van der Waals surface area contributed by atoms with E-state index in [1.165, 1.54) is 13.4 Å². The third-order valence-electron chi connectivity index (χ3n) is 5.29. The highest BCUT2D eigenvalue weighted by molar-refractivity contribution is 5.77. The van der Waals surface area contributed by atoms with Crippen molar-refractivity contribution in [2.24, 2.45) is 0 Å². The van der Waals surface area contributed by atoms with E-state index < -0.39 is 0 Å². The lowest BCUT2D eigenvalue weighted by atomic mass is 9.77. The molecule has 2 heterocycles. The Labute approximate surface area is 165 Å². The van der Waals surface area contributed by atoms with Crippen LogP contribution in [0.15, 0.2) is 43.0 Å². The molecular weight excluding hydrogens is 356 g/mol. The predicted molar refractivity (Wildman–Crippen MR) is 107 cm³/mol. The number of rotatable bonds is 8. The lowest BCUT2D eigenvalue weighted by Gasteiger charge is -2.48. The first kappa shape index (κ1) is 20.4. The summed E-state index contributed by atoms with van der Waals surface area (Å²) in [6, 6.07) is 8.43. The highest BCUT2D eigenvalue weighted by atomic mass is 16.5. The molecule has 3 rings (SSSR count). The van der Waals surface area contributed by atoms with Crippen molar-refractivity contribution in [2.45, 2.75) is 37.9 Å². The second-order valence-corrected chi connectivity index (χ2v) is 7.41. The van der Waals surface area contributed by atoms with Crippen molar-refractivity contribution >= 4 is 5.91 Å². The number of amides is 1. The van der Waals surface area contributed by atoms with Crippen molar-refractivity contribution < 1.29 is 14.6 Å². The van der Waals surface area contributed by atoms with Gasteiger partial charge in [-0.25, -0.2) is 9.97 Å². The van der Waals surface area contributed by atoms with Gasteiger partial charge >= 0.3 is 0 Å². The van der Waals surface area contributed by atoms with Crippen LogP contribution in [0.25, 0.3) is 11.1 Å². The Kier molecular flexibility index (Phi) is 6.72. The fourth-order valence-electron chi connectivity index (χ4n) is 3.81. The van der Waals surface area contributed by atoms with Crippen LogP contribution in [0, 0.1) is 0 Å². The number of aromatic nitrogens is 2. The molecule has 2 N–H and O–H groups in total. The largest absolute Gasteiger partial charge is 0.395 e. The van der Waals surface area contributed by atoms with E-state index in [4.69, 9.17) is 4.74 Å². The molecule has 0 bridgehead atoms. The number of methoxy groups -OCH3 is 1. The summed E-state index contributed by atoms with van der Waals surface area (Å²) in [6.07, 6.45) is 5.09. The Morgan fingerprint density at radius 2 is 1.86 bits per heavy atom. The molecule has 1 aliphatic heterocycles. The van der Waals surface area contributed by atoms with E-state index in [-0.39, 0.29) is 43.2 Å². The number of aliphatic hydroxyl groups is 1. The molecular formula is C21H28N4O3. The Morgan fingerprint density at radius 3 is 2.43 bits per heavy atom. The number of benzene rings is 1. The van der Waals surface area contributed by atoms with E-state index in [1.54, 1.807) is 12.4 Å². The number of carbonyl (C=O) groups is 1. The molecule has 0 saturated carbocycles. The molecule has 150 valence electrons. The van der Waals surface area contributed by atoms with Gasteiger partial charge in [-0.1, -0.05) is 24.3 Å². The van der Waals surface area contributed by atoms with E-state index >= 15 is 0 Å². The maximum Gasteiger partial charge on any atom is 0.248 e. The Bertz CT molecular complexity index is 767. The smallest absolute Gasteiger partial charge is 0.248 e. The summed E-state index contributed by atoms with van der Waals surface area (Å²) < 4.78 is 5.02. The first-order valence-electron chi connectivity index (χ1n) is 9.55. The third-order valence-corrected chi connectivity index (χ3v) is 5.29. The number of nitrogens with one attached hydrogen (secondary N) is 1. The Morgan fingerprint density at radius 1 is 1.18 bits per heavy atom.